The number of anilines is 1. The molecule has 6 nitrogen and oxygen atoms in total. The third-order valence-corrected chi connectivity index (χ3v) is 9.62. The van der Waals surface area contributed by atoms with Crippen molar-refractivity contribution in [2.75, 3.05) is 51.3 Å². The van der Waals surface area contributed by atoms with Gasteiger partial charge < -0.3 is 15.0 Å². The average Bonchev–Trinajstić information content (AvgIpc) is 3.56. The van der Waals surface area contributed by atoms with Gasteiger partial charge in [-0.3, -0.25) is 9.69 Å². The topological polar surface area (TPSA) is 57.7 Å². The van der Waals surface area contributed by atoms with Crippen molar-refractivity contribution >= 4 is 33.1 Å². The summed E-state index contributed by atoms with van der Waals surface area (Å²) in [6.45, 7) is 6.51. The Labute approximate surface area is 214 Å². The molecule has 1 saturated heterocycles. The number of fused-ring (bicyclic) bond motifs is 1. The van der Waals surface area contributed by atoms with E-state index in [-0.39, 0.29) is 5.91 Å². The summed E-state index contributed by atoms with van der Waals surface area (Å²) in [4.78, 5) is 22.2. The summed E-state index contributed by atoms with van der Waals surface area (Å²) in [5.74, 6) is 3.44. The molecule has 2 saturated carbocycles. The summed E-state index contributed by atoms with van der Waals surface area (Å²) >= 11 is 1.80. The Balaban J connectivity index is 0.956. The molecule has 0 aromatic carbocycles. The minimum atomic E-state index is 0.249. The highest BCUT2D eigenvalue weighted by molar-refractivity contribution is 7.17. The summed E-state index contributed by atoms with van der Waals surface area (Å²) in [5, 5.41) is 6.71. The zero-order chi connectivity index (χ0) is 24.0. The molecule has 3 aliphatic rings. The highest BCUT2D eigenvalue weighted by Gasteiger charge is 2.27. The van der Waals surface area contributed by atoms with Crippen LogP contribution in [0.4, 0.5) is 5.82 Å². The van der Waals surface area contributed by atoms with Gasteiger partial charge in [0.1, 0.15) is 5.82 Å². The van der Waals surface area contributed by atoms with Crippen LogP contribution in [-0.2, 0) is 9.53 Å². The van der Waals surface area contributed by atoms with Crippen molar-refractivity contribution in [3.8, 4) is 0 Å². The van der Waals surface area contributed by atoms with Gasteiger partial charge in [0.2, 0.25) is 5.91 Å². The molecule has 1 N–H and O–H groups in total. The minimum absolute atomic E-state index is 0.249. The normalized spacial score (nSPS) is 28.0. The number of methoxy groups -OCH3 is 1. The number of carbonyl (C=O) groups is 1. The number of rotatable bonds is 9. The molecule has 7 heteroatoms. The van der Waals surface area contributed by atoms with E-state index in [4.69, 9.17) is 9.72 Å². The Kier molecular flexibility index (Phi) is 8.58. The van der Waals surface area contributed by atoms with Gasteiger partial charge in [-0.2, -0.15) is 0 Å². The van der Waals surface area contributed by atoms with Gasteiger partial charge >= 0.3 is 0 Å². The summed E-state index contributed by atoms with van der Waals surface area (Å²) < 4.78 is 6.78. The zero-order valence-electron chi connectivity index (χ0n) is 21.3. The maximum Gasteiger partial charge on any atom is 0.220 e. The number of piperazine rings is 1. The Morgan fingerprint density at radius 3 is 2.60 bits per heavy atom. The molecule has 2 aliphatic carbocycles. The summed E-state index contributed by atoms with van der Waals surface area (Å²) in [5.41, 5.74) is 0. The first-order chi connectivity index (χ1) is 17.2. The van der Waals surface area contributed by atoms with Crippen LogP contribution in [0.3, 0.4) is 0 Å². The predicted octanol–water partition coefficient (Wildman–Crippen LogP) is 4.94. The Morgan fingerprint density at radius 2 is 1.83 bits per heavy atom. The summed E-state index contributed by atoms with van der Waals surface area (Å²) in [6, 6.07) is 4.33. The molecule has 2 atom stereocenters. The van der Waals surface area contributed by atoms with Crippen molar-refractivity contribution in [3.63, 3.8) is 0 Å². The molecule has 5 rings (SSSR count). The predicted molar refractivity (Wildman–Crippen MR) is 144 cm³/mol. The molecule has 1 aliphatic heterocycles. The third-order valence-electron chi connectivity index (χ3n) is 8.74. The van der Waals surface area contributed by atoms with E-state index in [9.17, 15) is 4.79 Å². The number of ether oxygens (including phenoxy) is 1. The van der Waals surface area contributed by atoms with Gasteiger partial charge in [-0.1, -0.05) is 12.8 Å². The lowest BCUT2D eigenvalue weighted by Gasteiger charge is -2.37. The van der Waals surface area contributed by atoms with Crippen molar-refractivity contribution in [2.45, 2.75) is 63.9 Å². The lowest BCUT2D eigenvalue weighted by atomic mass is 9.80. The van der Waals surface area contributed by atoms with Crippen molar-refractivity contribution in [2.24, 2.45) is 17.8 Å². The molecule has 1 amide bonds. The fourth-order valence-corrected chi connectivity index (χ4v) is 7.20. The van der Waals surface area contributed by atoms with Gasteiger partial charge in [0.15, 0.2) is 0 Å². The second kappa shape index (κ2) is 12.0. The van der Waals surface area contributed by atoms with E-state index < -0.39 is 0 Å². The van der Waals surface area contributed by atoms with E-state index in [1.54, 1.807) is 18.4 Å². The van der Waals surface area contributed by atoms with Gasteiger partial charge in [0.05, 0.1) is 6.10 Å². The maximum atomic E-state index is 12.4. The van der Waals surface area contributed by atoms with Crippen molar-refractivity contribution in [1.82, 2.24) is 15.2 Å². The second-order valence-corrected chi connectivity index (χ2v) is 12.0. The SMILES string of the molecule is CO[C@@H]1CC[C@@H](CC(=O)NCC2CCC(CCN3CCN(c4nccc5sccc45)CC3)CC2)C1. The highest BCUT2D eigenvalue weighted by Crippen LogP contribution is 2.32. The van der Waals surface area contributed by atoms with E-state index in [0.29, 0.717) is 24.4 Å². The quantitative estimate of drug-likeness (QED) is 0.531. The lowest BCUT2D eigenvalue weighted by molar-refractivity contribution is -0.122. The lowest BCUT2D eigenvalue weighted by Crippen LogP contribution is -2.47. The number of aromatic nitrogens is 1. The largest absolute Gasteiger partial charge is 0.381 e. The Hall–Kier alpha value is -1.70. The van der Waals surface area contributed by atoms with E-state index in [1.807, 2.05) is 6.20 Å². The number of nitrogens with zero attached hydrogens (tertiary/aromatic N) is 3. The van der Waals surface area contributed by atoms with E-state index in [0.717, 1.165) is 63.7 Å². The standard InChI is InChI=1S/C28H42N4O2S/c1-34-24-7-6-23(18-24)19-27(33)30-20-22-4-2-21(3-5-22)9-12-31-13-15-32(16-14-31)28-25-10-17-35-26(25)8-11-29-28/h8,10-11,17,21-24H,2-7,9,12-16,18-20H2,1H3,(H,30,33)/t21?,22?,23-,24-/m1/s1. The molecule has 0 radical (unpaired) electrons. The highest BCUT2D eigenvalue weighted by atomic mass is 32.1. The van der Waals surface area contributed by atoms with Crippen LogP contribution < -0.4 is 10.2 Å². The van der Waals surface area contributed by atoms with Crippen LogP contribution in [0.1, 0.15) is 57.8 Å². The molecular weight excluding hydrogens is 456 g/mol. The van der Waals surface area contributed by atoms with E-state index in [1.165, 1.54) is 48.7 Å². The number of hydrogen-bond donors (Lipinski definition) is 1. The fraction of sp³-hybridized carbons (Fsp3) is 0.714. The molecule has 2 aromatic heterocycles. The van der Waals surface area contributed by atoms with Crippen LogP contribution in [0, 0.1) is 17.8 Å². The monoisotopic (exact) mass is 498 g/mol. The molecule has 35 heavy (non-hydrogen) atoms. The molecule has 2 aromatic rings. The van der Waals surface area contributed by atoms with Crippen LogP contribution in [0.25, 0.3) is 10.1 Å². The number of amides is 1. The molecule has 3 heterocycles. The third kappa shape index (κ3) is 6.55. The van der Waals surface area contributed by atoms with Gasteiger partial charge in [-0.05, 0) is 80.3 Å². The first-order valence-electron chi connectivity index (χ1n) is 13.8. The van der Waals surface area contributed by atoms with Gasteiger partial charge in [0.25, 0.3) is 0 Å². The van der Waals surface area contributed by atoms with Crippen LogP contribution >= 0.6 is 11.3 Å². The van der Waals surface area contributed by atoms with Crippen molar-refractivity contribution < 1.29 is 9.53 Å². The van der Waals surface area contributed by atoms with Crippen LogP contribution in [0.15, 0.2) is 23.7 Å². The number of thiophene rings is 1. The molecule has 192 valence electrons. The van der Waals surface area contributed by atoms with E-state index in [2.05, 4.69) is 32.6 Å². The molecule has 0 bridgehead atoms. The Bertz CT molecular complexity index is 949. The van der Waals surface area contributed by atoms with E-state index >= 15 is 0 Å². The van der Waals surface area contributed by atoms with Crippen molar-refractivity contribution in [3.05, 3.63) is 23.7 Å². The van der Waals surface area contributed by atoms with Gasteiger partial charge in [-0.15, -0.1) is 11.3 Å². The van der Waals surface area contributed by atoms with Crippen LogP contribution in [0.5, 0.6) is 0 Å². The van der Waals surface area contributed by atoms with Crippen molar-refractivity contribution in [1.29, 1.82) is 0 Å². The van der Waals surface area contributed by atoms with Gasteiger partial charge in [-0.25, -0.2) is 4.98 Å². The number of carbonyl (C=O) groups excluding carboxylic acids is 1. The minimum Gasteiger partial charge on any atom is -0.381 e. The van der Waals surface area contributed by atoms with Gasteiger partial charge in [0, 0.05) is 62.5 Å². The summed E-state index contributed by atoms with van der Waals surface area (Å²) in [7, 11) is 1.79. The average molecular weight is 499 g/mol. The first kappa shape index (κ1) is 25.0. The number of nitrogens with one attached hydrogen (secondary N) is 1. The van der Waals surface area contributed by atoms with Crippen LogP contribution in [-0.4, -0.2) is 68.3 Å². The molecule has 0 spiro atoms. The maximum absolute atomic E-state index is 12.4. The smallest absolute Gasteiger partial charge is 0.220 e. The molecular formula is C28H42N4O2S. The number of hydrogen-bond acceptors (Lipinski definition) is 6. The molecule has 3 fully saturated rings. The first-order valence-corrected chi connectivity index (χ1v) is 14.6. The number of pyridine rings is 1. The zero-order valence-corrected chi connectivity index (χ0v) is 22.1. The summed E-state index contributed by atoms with van der Waals surface area (Å²) in [6.07, 6.45) is 12.8. The fourth-order valence-electron chi connectivity index (χ4n) is 6.43. The Morgan fingerprint density at radius 1 is 1.06 bits per heavy atom. The second-order valence-electron chi connectivity index (χ2n) is 11.0. The van der Waals surface area contributed by atoms with Crippen LogP contribution in [0.2, 0.25) is 0 Å². The molecule has 0 unspecified atom stereocenters.